The van der Waals surface area contributed by atoms with Gasteiger partial charge in [0.05, 0.1) is 5.60 Å². The van der Waals surface area contributed by atoms with Crippen LogP contribution in [0, 0.1) is 5.92 Å². The van der Waals surface area contributed by atoms with Gasteiger partial charge in [-0.2, -0.15) is 0 Å². The first kappa shape index (κ1) is 15.4. The van der Waals surface area contributed by atoms with E-state index in [2.05, 4.69) is 24.1 Å². The second-order valence-electron chi connectivity index (χ2n) is 5.15. The quantitative estimate of drug-likeness (QED) is 0.781. The first-order valence-electron chi connectivity index (χ1n) is 6.44. The van der Waals surface area contributed by atoms with Crippen LogP contribution in [0.15, 0.2) is 18.3 Å². The van der Waals surface area contributed by atoms with E-state index in [9.17, 15) is 5.11 Å². The van der Waals surface area contributed by atoms with Crippen LogP contribution in [-0.2, 0) is 0 Å². The number of rotatable bonds is 6. The third-order valence-corrected chi connectivity index (χ3v) is 4.01. The van der Waals surface area contributed by atoms with Crippen molar-refractivity contribution in [3.05, 3.63) is 29.0 Å². The van der Waals surface area contributed by atoms with Gasteiger partial charge in [-0.25, -0.2) is 4.98 Å². The van der Waals surface area contributed by atoms with Crippen LogP contribution in [0.25, 0.3) is 0 Å². The van der Waals surface area contributed by atoms with Crippen LogP contribution >= 0.6 is 11.6 Å². The van der Waals surface area contributed by atoms with E-state index in [-0.39, 0.29) is 12.0 Å². The minimum Gasteiger partial charge on any atom is -0.389 e. The molecule has 0 radical (unpaired) electrons. The van der Waals surface area contributed by atoms with Gasteiger partial charge in [0.1, 0.15) is 5.15 Å². The molecule has 0 aliphatic rings. The molecule has 0 aromatic carbocycles. The van der Waals surface area contributed by atoms with Crippen LogP contribution in [0.3, 0.4) is 0 Å². The number of aliphatic hydroxyl groups is 1. The van der Waals surface area contributed by atoms with Crippen LogP contribution in [-0.4, -0.2) is 22.2 Å². The first-order chi connectivity index (χ1) is 8.38. The fourth-order valence-corrected chi connectivity index (χ4v) is 2.09. The number of aromatic nitrogens is 1. The average molecular weight is 271 g/mol. The molecule has 0 saturated heterocycles. The summed E-state index contributed by atoms with van der Waals surface area (Å²) in [6.45, 7) is 8.57. The molecule has 18 heavy (non-hydrogen) atoms. The van der Waals surface area contributed by atoms with Crippen LogP contribution in [0.1, 0.15) is 45.7 Å². The predicted molar refractivity (Wildman–Crippen MR) is 75.7 cm³/mol. The van der Waals surface area contributed by atoms with E-state index in [0.29, 0.717) is 11.7 Å². The summed E-state index contributed by atoms with van der Waals surface area (Å²) < 4.78 is 0. The molecule has 0 amide bonds. The van der Waals surface area contributed by atoms with Crippen molar-refractivity contribution in [3.63, 3.8) is 0 Å². The molecular formula is C14H23ClN2O. The summed E-state index contributed by atoms with van der Waals surface area (Å²) in [5, 5.41) is 14.2. The van der Waals surface area contributed by atoms with Gasteiger partial charge in [-0.15, -0.1) is 0 Å². The Morgan fingerprint density at radius 1 is 1.50 bits per heavy atom. The number of pyridine rings is 1. The standard InChI is InChI=1S/C14H23ClN2O/c1-5-10(2)14(4,18)9-17-11(3)12-7-6-8-16-13(12)15/h6-8,10-11,17-18H,5,9H2,1-4H3. The second kappa shape index (κ2) is 6.50. The van der Waals surface area contributed by atoms with E-state index in [1.54, 1.807) is 6.20 Å². The fraction of sp³-hybridized carbons (Fsp3) is 0.643. The maximum Gasteiger partial charge on any atom is 0.133 e. The Hall–Kier alpha value is -0.640. The van der Waals surface area contributed by atoms with Crippen molar-refractivity contribution < 1.29 is 5.11 Å². The molecule has 2 N–H and O–H groups in total. The van der Waals surface area contributed by atoms with E-state index in [1.165, 1.54) is 0 Å². The van der Waals surface area contributed by atoms with E-state index >= 15 is 0 Å². The SMILES string of the molecule is CCC(C)C(C)(O)CNC(C)c1cccnc1Cl. The van der Waals surface area contributed by atoms with Gasteiger partial charge in [0, 0.05) is 24.3 Å². The zero-order valence-corrected chi connectivity index (χ0v) is 12.3. The van der Waals surface area contributed by atoms with Crippen LogP contribution < -0.4 is 5.32 Å². The summed E-state index contributed by atoms with van der Waals surface area (Å²) in [6.07, 6.45) is 2.63. The Morgan fingerprint density at radius 3 is 2.72 bits per heavy atom. The molecule has 3 unspecified atom stereocenters. The van der Waals surface area contributed by atoms with E-state index in [1.807, 2.05) is 26.0 Å². The second-order valence-corrected chi connectivity index (χ2v) is 5.51. The third kappa shape index (κ3) is 3.94. The van der Waals surface area contributed by atoms with Crippen LogP contribution in [0.2, 0.25) is 5.15 Å². The summed E-state index contributed by atoms with van der Waals surface area (Å²) in [7, 11) is 0. The van der Waals surface area contributed by atoms with Gasteiger partial charge < -0.3 is 10.4 Å². The molecule has 3 nitrogen and oxygen atoms in total. The Balaban J connectivity index is 2.62. The molecule has 4 heteroatoms. The van der Waals surface area contributed by atoms with Crippen molar-refractivity contribution in [1.82, 2.24) is 10.3 Å². The van der Waals surface area contributed by atoms with Gasteiger partial charge in [-0.05, 0) is 25.8 Å². The third-order valence-electron chi connectivity index (χ3n) is 3.69. The van der Waals surface area contributed by atoms with Crippen molar-refractivity contribution in [2.75, 3.05) is 6.54 Å². The van der Waals surface area contributed by atoms with E-state index < -0.39 is 5.60 Å². The van der Waals surface area contributed by atoms with E-state index in [4.69, 9.17) is 11.6 Å². The minimum absolute atomic E-state index is 0.0710. The molecule has 0 fully saturated rings. The lowest BCUT2D eigenvalue weighted by atomic mass is 9.88. The topological polar surface area (TPSA) is 45.1 Å². The summed E-state index contributed by atoms with van der Waals surface area (Å²) >= 11 is 6.05. The molecule has 0 aliphatic heterocycles. The Bertz CT molecular complexity index is 382. The highest BCUT2D eigenvalue weighted by Gasteiger charge is 2.27. The van der Waals surface area contributed by atoms with Gasteiger partial charge in [-0.3, -0.25) is 0 Å². The zero-order valence-electron chi connectivity index (χ0n) is 11.6. The lowest BCUT2D eigenvalue weighted by molar-refractivity contribution is 0.00364. The highest BCUT2D eigenvalue weighted by molar-refractivity contribution is 6.30. The van der Waals surface area contributed by atoms with Crippen LogP contribution in [0.5, 0.6) is 0 Å². The molecule has 0 bridgehead atoms. The lowest BCUT2D eigenvalue weighted by Crippen LogP contribution is -2.43. The molecular weight excluding hydrogens is 248 g/mol. The van der Waals surface area contributed by atoms with Crippen molar-refractivity contribution in [2.24, 2.45) is 5.92 Å². The predicted octanol–water partition coefficient (Wildman–Crippen LogP) is 3.18. The molecule has 102 valence electrons. The summed E-state index contributed by atoms with van der Waals surface area (Å²) in [6, 6.07) is 3.89. The smallest absolute Gasteiger partial charge is 0.133 e. The van der Waals surface area contributed by atoms with Crippen molar-refractivity contribution in [1.29, 1.82) is 0 Å². The van der Waals surface area contributed by atoms with Crippen molar-refractivity contribution in [3.8, 4) is 0 Å². The van der Waals surface area contributed by atoms with Crippen LogP contribution in [0.4, 0.5) is 0 Å². The van der Waals surface area contributed by atoms with Crippen molar-refractivity contribution in [2.45, 2.75) is 45.8 Å². The average Bonchev–Trinajstić information content (AvgIpc) is 2.35. The van der Waals surface area contributed by atoms with Gasteiger partial charge in [0.25, 0.3) is 0 Å². The zero-order chi connectivity index (χ0) is 13.8. The van der Waals surface area contributed by atoms with Crippen molar-refractivity contribution >= 4 is 11.6 Å². The molecule has 1 heterocycles. The number of nitrogens with zero attached hydrogens (tertiary/aromatic N) is 1. The van der Waals surface area contributed by atoms with Gasteiger partial charge in [-0.1, -0.05) is 37.9 Å². The molecule has 1 aromatic rings. The number of hydrogen-bond acceptors (Lipinski definition) is 3. The Labute approximate surface area is 115 Å². The fourth-order valence-electron chi connectivity index (χ4n) is 1.81. The summed E-state index contributed by atoms with van der Waals surface area (Å²) in [5.74, 6) is 0.251. The van der Waals surface area contributed by atoms with Gasteiger partial charge in [0.2, 0.25) is 0 Å². The number of halogens is 1. The molecule has 0 saturated carbocycles. The summed E-state index contributed by atoms with van der Waals surface area (Å²) in [5.41, 5.74) is 0.247. The van der Waals surface area contributed by atoms with Gasteiger partial charge in [0.15, 0.2) is 0 Å². The van der Waals surface area contributed by atoms with E-state index in [0.717, 1.165) is 12.0 Å². The maximum atomic E-state index is 10.3. The summed E-state index contributed by atoms with van der Waals surface area (Å²) in [4.78, 5) is 4.06. The lowest BCUT2D eigenvalue weighted by Gasteiger charge is -2.31. The highest BCUT2D eigenvalue weighted by Crippen LogP contribution is 2.23. The normalized spacial score (nSPS) is 18.1. The minimum atomic E-state index is -0.711. The molecule has 0 aliphatic carbocycles. The number of hydrogen-bond donors (Lipinski definition) is 2. The maximum absolute atomic E-state index is 10.3. The van der Waals surface area contributed by atoms with Gasteiger partial charge >= 0.3 is 0 Å². The monoisotopic (exact) mass is 270 g/mol. The first-order valence-corrected chi connectivity index (χ1v) is 6.82. The Kier molecular flexibility index (Phi) is 5.57. The largest absolute Gasteiger partial charge is 0.389 e. The molecule has 1 rings (SSSR count). The highest BCUT2D eigenvalue weighted by atomic mass is 35.5. The molecule has 1 aromatic heterocycles. The Morgan fingerprint density at radius 2 is 2.17 bits per heavy atom. The molecule has 3 atom stereocenters. The molecule has 0 spiro atoms. The number of nitrogens with one attached hydrogen (secondary N) is 1.